The van der Waals surface area contributed by atoms with Crippen LogP contribution in [0.3, 0.4) is 0 Å². The van der Waals surface area contributed by atoms with Crippen molar-refractivity contribution in [1.82, 2.24) is 9.88 Å². The summed E-state index contributed by atoms with van der Waals surface area (Å²) in [6, 6.07) is 12.0. The standard InChI is InChI=1S/C17H22N2O/c1-3-14(2)19(13-16-7-5-9-18-11-16)12-15-6-4-8-17(20)10-15/h4-11,14,20H,3,12-13H2,1-2H3/t14-/m0/s1. The summed E-state index contributed by atoms with van der Waals surface area (Å²) in [4.78, 5) is 6.59. The highest BCUT2D eigenvalue weighted by atomic mass is 16.3. The number of aromatic hydroxyl groups is 1. The Labute approximate surface area is 120 Å². The summed E-state index contributed by atoms with van der Waals surface area (Å²) in [6.07, 6.45) is 4.81. The van der Waals surface area contributed by atoms with Crippen LogP contribution in [0.25, 0.3) is 0 Å². The van der Waals surface area contributed by atoms with Gasteiger partial charge in [-0.1, -0.05) is 25.1 Å². The monoisotopic (exact) mass is 270 g/mol. The zero-order valence-electron chi connectivity index (χ0n) is 12.2. The molecule has 0 bridgehead atoms. The maximum atomic E-state index is 9.58. The number of benzene rings is 1. The van der Waals surface area contributed by atoms with E-state index < -0.39 is 0 Å². The van der Waals surface area contributed by atoms with E-state index in [0.29, 0.717) is 11.8 Å². The molecule has 0 aliphatic heterocycles. The van der Waals surface area contributed by atoms with Gasteiger partial charge in [-0.15, -0.1) is 0 Å². The van der Waals surface area contributed by atoms with Crippen LogP contribution in [0.2, 0.25) is 0 Å². The largest absolute Gasteiger partial charge is 0.508 e. The Balaban J connectivity index is 2.11. The van der Waals surface area contributed by atoms with Crippen molar-refractivity contribution in [2.24, 2.45) is 0 Å². The molecule has 0 radical (unpaired) electrons. The van der Waals surface area contributed by atoms with E-state index >= 15 is 0 Å². The highest BCUT2D eigenvalue weighted by Crippen LogP contribution is 2.17. The lowest BCUT2D eigenvalue weighted by Crippen LogP contribution is -2.31. The Kier molecular flexibility index (Phi) is 5.13. The molecular formula is C17H22N2O. The van der Waals surface area contributed by atoms with E-state index in [9.17, 15) is 5.11 Å². The van der Waals surface area contributed by atoms with Gasteiger partial charge in [-0.25, -0.2) is 0 Å². The molecular weight excluding hydrogens is 248 g/mol. The fraction of sp³-hybridized carbons (Fsp3) is 0.353. The van der Waals surface area contributed by atoms with Crippen LogP contribution < -0.4 is 0 Å². The van der Waals surface area contributed by atoms with E-state index in [4.69, 9.17) is 0 Å². The molecule has 1 heterocycles. The number of hydrogen-bond acceptors (Lipinski definition) is 3. The van der Waals surface area contributed by atoms with Crippen LogP contribution in [-0.4, -0.2) is 21.0 Å². The van der Waals surface area contributed by atoms with Gasteiger partial charge in [0.2, 0.25) is 0 Å². The number of pyridine rings is 1. The molecule has 0 aliphatic carbocycles. The van der Waals surface area contributed by atoms with Crippen molar-refractivity contribution in [2.45, 2.75) is 39.4 Å². The predicted molar refractivity (Wildman–Crippen MR) is 81.3 cm³/mol. The molecule has 0 fully saturated rings. The van der Waals surface area contributed by atoms with Gasteiger partial charge in [-0.05, 0) is 42.7 Å². The topological polar surface area (TPSA) is 36.4 Å². The van der Waals surface area contributed by atoms with Crippen molar-refractivity contribution in [3.8, 4) is 5.75 Å². The molecule has 3 nitrogen and oxygen atoms in total. The van der Waals surface area contributed by atoms with Crippen LogP contribution in [0.15, 0.2) is 48.8 Å². The molecule has 2 rings (SSSR count). The molecule has 0 spiro atoms. The average Bonchev–Trinajstić information content (AvgIpc) is 2.47. The molecule has 0 aliphatic rings. The first-order chi connectivity index (χ1) is 9.69. The third kappa shape index (κ3) is 4.07. The minimum Gasteiger partial charge on any atom is -0.508 e. The first-order valence-electron chi connectivity index (χ1n) is 7.10. The van der Waals surface area contributed by atoms with Crippen molar-refractivity contribution in [1.29, 1.82) is 0 Å². The normalized spacial score (nSPS) is 12.6. The van der Waals surface area contributed by atoms with E-state index in [2.05, 4.69) is 35.9 Å². The molecule has 106 valence electrons. The van der Waals surface area contributed by atoms with Crippen LogP contribution in [0, 0.1) is 0 Å². The summed E-state index contributed by atoms with van der Waals surface area (Å²) in [6.45, 7) is 6.14. The van der Waals surface area contributed by atoms with Crippen LogP contribution >= 0.6 is 0 Å². The minimum absolute atomic E-state index is 0.327. The van der Waals surface area contributed by atoms with Gasteiger partial charge in [0, 0.05) is 31.5 Å². The van der Waals surface area contributed by atoms with Gasteiger partial charge < -0.3 is 5.11 Å². The number of nitrogens with zero attached hydrogens (tertiary/aromatic N) is 2. The van der Waals surface area contributed by atoms with Gasteiger partial charge >= 0.3 is 0 Å². The fourth-order valence-electron chi connectivity index (χ4n) is 2.24. The summed E-state index contributed by atoms with van der Waals surface area (Å²) in [5.74, 6) is 0.327. The molecule has 0 amide bonds. The summed E-state index contributed by atoms with van der Waals surface area (Å²) >= 11 is 0. The lowest BCUT2D eigenvalue weighted by atomic mass is 10.1. The summed E-state index contributed by atoms with van der Waals surface area (Å²) in [5, 5.41) is 9.58. The van der Waals surface area contributed by atoms with Crippen molar-refractivity contribution in [2.75, 3.05) is 0 Å². The molecule has 0 unspecified atom stereocenters. The second kappa shape index (κ2) is 7.06. The second-order valence-corrected chi connectivity index (χ2v) is 5.19. The zero-order chi connectivity index (χ0) is 14.4. The van der Waals surface area contributed by atoms with E-state index in [1.807, 2.05) is 24.4 Å². The molecule has 1 N–H and O–H groups in total. The number of aromatic nitrogens is 1. The average molecular weight is 270 g/mol. The molecule has 1 atom stereocenters. The predicted octanol–water partition coefficient (Wildman–Crippen LogP) is 3.59. The maximum absolute atomic E-state index is 9.58. The molecule has 20 heavy (non-hydrogen) atoms. The van der Waals surface area contributed by atoms with E-state index in [1.165, 1.54) is 5.56 Å². The highest BCUT2D eigenvalue weighted by molar-refractivity contribution is 5.27. The van der Waals surface area contributed by atoms with Crippen LogP contribution in [-0.2, 0) is 13.1 Å². The summed E-state index contributed by atoms with van der Waals surface area (Å²) in [5.41, 5.74) is 2.35. The third-order valence-corrected chi connectivity index (χ3v) is 3.62. The van der Waals surface area contributed by atoms with Gasteiger partial charge in [0.1, 0.15) is 5.75 Å². The van der Waals surface area contributed by atoms with Crippen molar-refractivity contribution in [3.63, 3.8) is 0 Å². The smallest absolute Gasteiger partial charge is 0.115 e. The van der Waals surface area contributed by atoms with Crippen molar-refractivity contribution < 1.29 is 5.11 Å². The van der Waals surface area contributed by atoms with Crippen molar-refractivity contribution in [3.05, 3.63) is 59.9 Å². The van der Waals surface area contributed by atoms with E-state index in [0.717, 1.165) is 25.1 Å². The minimum atomic E-state index is 0.327. The van der Waals surface area contributed by atoms with Crippen LogP contribution in [0.5, 0.6) is 5.75 Å². The van der Waals surface area contributed by atoms with E-state index in [-0.39, 0.29) is 0 Å². The van der Waals surface area contributed by atoms with Crippen LogP contribution in [0.4, 0.5) is 0 Å². The highest BCUT2D eigenvalue weighted by Gasteiger charge is 2.13. The third-order valence-electron chi connectivity index (χ3n) is 3.62. The van der Waals surface area contributed by atoms with Gasteiger partial charge in [0.15, 0.2) is 0 Å². The number of phenols is 1. The number of rotatable bonds is 6. The SMILES string of the molecule is CC[C@H](C)N(Cc1cccnc1)Cc1cccc(O)c1. The second-order valence-electron chi connectivity index (χ2n) is 5.19. The van der Waals surface area contributed by atoms with E-state index in [1.54, 1.807) is 12.3 Å². The number of hydrogen-bond donors (Lipinski definition) is 1. The zero-order valence-corrected chi connectivity index (χ0v) is 12.2. The molecule has 1 aromatic carbocycles. The van der Waals surface area contributed by atoms with Gasteiger partial charge in [-0.2, -0.15) is 0 Å². The van der Waals surface area contributed by atoms with Crippen molar-refractivity contribution >= 4 is 0 Å². The Morgan fingerprint density at radius 2 is 1.90 bits per heavy atom. The maximum Gasteiger partial charge on any atom is 0.115 e. The lowest BCUT2D eigenvalue weighted by Gasteiger charge is -2.28. The molecule has 1 aromatic heterocycles. The molecule has 0 saturated carbocycles. The van der Waals surface area contributed by atoms with Gasteiger partial charge in [0.25, 0.3) is 0 Å². The molecule has 2 aromatic rings. The van der Waals surface area contributed by atoms with Crippen LogP contribution in [0.1, 0.15) is 31.4 Å². The van der Waals surface area contributed by atoms with Gasteiger partial charge in [0.05, 0.1) is 0 Å². The summed E-state index contributed by atoms with van der Waals surface area (Å²) < 4.78 is 0. The fourth-order valence-corrected chi connectivity index (χ4v) is 2.24. The Morgan fingerprint density at radius 3 is 2.55 bits per heavy atom. The quantitative estimate of drug-likeness (QED) is 0.871. The first-order valence-corrected chi connectivity index (χ1v) is 7.10. The Morgan fingerprint density at radius 1 is 1.15 bits per heavy atom. The Hall–Kier alpha value is -1.87. The summed E-state index contributed by atoms with van der Waals surface area (Å²) in [7, 11) is 0. The first kappa shape index (κ1) is 14.5. The molecule has 0 saturated heterocycles. The molecule has 3 heteroatoms. The Bertz CT molecular complexity index is 528. The number of phenolic OH excluding ortho intramolecular Hbond substituents is 1. The van der Waals surface area contributed by atoms with Gasteiger partial charge in [-0.3, -0.25) is 9.88 Å². The lowest BCUT2D eigenvalue weighted by molar-refractivity contribution is 0.186.